The van der Waals surface area contributed by atoms with Gasteiger partial charge in [0.15, 0.2) is 0 Å². The van der Waals surface area contributed by atoms with Gasteiger partial charge in [-0.3, -0.25) is 10.1 Å². The Balaban J connectivity index is 3.26. The van der Waals surface area contributed by atoms with Crippen LogP contribution in [0, 0.1) is 10.1 Å². The van der Waals surface area contributed by atoms with Crippen molar-refractivity contribution < 1.29 is 10.0 Å². The minimum Gasteiger partial charge on any atom is -0.386 e. The minimum atomic E-state index is -0.759. The van der Waals surface area contributed by atoms with E-state index in [0.717, 1.165) is 6.42 Å². The molecule has 4 nitrogen and oxygen atoms in total. The van der Waals surface area contributed by atoms with Crippen molar-refractivity contribution in [1.29, 1.82) is 0 Å². The van der Waals surface area contributed by atoms with Gasteiger partial charge in [0.1, 0.15) is 6.10 Å². The molecule has 0 saturated carbocycles. The quantitative estimate of drug-likeness (QED) is 0.446. The van der Waals surface area contributed by atoms with Crippen LogP contribution in [0.2, 0.25) is 0 Å². The average Bonchev–Trinajstić information content (AvgIpc) is 1.63. The SMILES string of the molecule is CCCC(O)C[N+](=O)[O-]. The van der Waals surface area contributed by atoms with Crippen LogP contribution >= 0.6 is 0 Å². The van der Waals surface area contributed by atoms with E-state index in [1.54, 1.807) is 0 Å². The monoisotopic (exact) mass is 133 g/mol. The highest BCUT2D eigenvalue weighted by atomic mass is 16.6. The number of aliphatic hydroxyl groups excluding tert-OH is 1. The number of nitrogens with zero attached hydrogens (tertiary/aromatic N) is 1. The smallest absolute Gasteiger partial charge is 0.229 e. The van der Waals surface area contributed by atoms with Crippen LogP contribution in [0.25, 0.3) is 0 Å². The standard InChI is InChI=1S/C5H11NO3/c1-2-3-5(7)4-6(8)9/h5,7H,2-4H2,1H3. The zero-order chi connectivity index (χ0) is 7.28. The van der Waals surface area contributed by atoms with Gasteiger partial charge in [0, 0.05) is 4.92 Å². The fraction of sp³-hybridized carbons (Fsp3) is 1.00. The van der Waals surface area contributed by atoms with Crippen molar-refractivity contribution in [2.75, 3.05) is 6.54 Å². The summed E-state index contributed by atoms with van der Waals surface area (Å²) in [6.45, 7) is 1.55. The van der Waals surface area contributed by atoms with Gasteiger partial charge < -0.3 is 5.11 Å². The van der Waals surface area contributed by atoms with E-state index in [4.69, 9.17) is 5.11 Å². The first-order valence-corrected chi connectivity index (χ1v) is 2.96. The van der Waals surface area contributed by atoms with Gasteiger partial charge in [-0.25, -0.2) is 0 Å². The van der Waals surface area contributed by atoms with Crippen molar-refractivity contribution in [2.24, 2.45) is 0 Å². The molecule has 54 valence electrons. The molecule has 1 N–H and O–H groups in total. The Hall–Kier alpha value is -0.640. The zero-order valence-corrected chi connectivity index (χ0v) is 5.41. The Morgan fingerprint density at radius 3 is 2.67 bits per heavy atom. The van der Waals surface area contributed by atoms with Crippen LogP contribution in [-0.4, -0.2) is 22.7 Å². The fourth-order valence-electron chi connectivity index (χ4n) is 0.597. The summed E-state index contributed by atoms with van der Waals surface area (Å²) in [6.07, 6.45) is 0.542. The van der Waals surface area contributed by atoms with Gasteiger partial charge in [0.05, 0.1) is 0 Å². The molecule has 4 heteroatoms. The molecule has 0 aliphatic heterocycles. The molecule has 1 unspecified atom stereocenters. The first-order valence-electron chi connectivity index (χ1n) is 2.96. The van der Waals surface area contributed by atoms with Crippen molar-refractivity contribution in [3.8, 4) is 0 Å². The van der Waals surface area contributed by atoms with E-state index in [0.29, 0.717) is 6.42 Å². The summed E-state index contributed by atoms with van der Waals surface area (Å²) in [4.78, 5) is 9.23. The Morgan fingerprint density at radius 2 is 2.33 bits per heavy atom. The normalized spacial score (nSPS) is 13.1. The highest BCUT2D eigenvalue weighted by molar-refractivity contribution is 4.49. The third-order valence-corrected chi connectivity index (χ3v) is 0.982. The average molecular weight is 133 g/mol. The van der Waals surface area contributed by atoms with E-state index in [-0.39, 0.29) is 6.54 Å². The Bertz CT molecular complexity index is 94.2. The molecule has 0 heterocycles. The fourth-order valence-corrected chi connectivity index (χ4v) is 0.597. The first kappa shape index (κ1) is 8.36. The molecule has 9 heavy (non-hydrogen) atoms. The molecule has 0 radical (unpaired) electrons. The van der Waals surface area contributed by atoms with E-state index in [2.05, 4.69) is 0 Å². The molecule has 0 aromatic heterocycles. The lowest BCUT2D eigenvalue weighted by Gasteiger charge is -2.00. The molecule has 0 aromatic carbocycles. The molecule has 0 rings (SSSR count). The van der Waals surface area contributed by atoms with Crippen LogP contribution in [0.4, 0.5) is 0 Å². The second kappa shape index (κ2) is 4.26. The van der Waals surface area contributed by atoms with Gasteiger partial charge in [0.25, 0.3) is 0 Å². The van der Waals surface area contributed by atoms with Gasteiger partial charge in [-0.05, 0) is 6.42 Å². The lowest BCUT2D eigenvalue weighted by Crippen LogP contribution is -2.18. The van der Waals surface area contributed by atoms with Crippen molar-refractivity contribution in [3.63, 3.8) is 0 Å². The second-order valence-electron chi connectivity index (χ2n) is 1.96. The Labute approximate surface area is 53.6 Å². The van der Waals surface area contributed by atoms with E-state index in [9.17, 15) is 10.1 Å². The molecule has 1 atom stereocenters. The van der Waals surface area contributed by atoms with Crippen molar-refractivity contribution in [3.05, 3.63) is 10.1 Å². The van der Waals surface area contributed by atoms with Crippen LogP contribution in [-0.2, 0) is 0 Å². The molecule has 0 spiro atoms. The van der Waals surface area contributed by atoms with E-state index in [1.165, 1.54) is 0 Å². The molecule has 0 aromatic rings. The van der Waals surface area contributed by atoms with Crippen LogP contribution in [0.15, 0.2) is 0 Å². The first-order chi connectivity index (χ1) is 4.16. The predicted molar refractivity (Wildman–Crippen MR) is 32.8 cm³/mol. The van der Waals surface area contributed by atoms with Crippen LogP contribution < -0.4 is 0 Å². The van der Waals surface area contributed by atoms with Gasteiger partial charge >= 0.3 is 0 Å². The summed E-state index contributed by atoms with van der Waals surface area (Å²) < 4.78 is 0. The lowest BCUT2D eigenvalue weighted by molar-refractivity contribution is -0.490. The summed E-state index contributed by atoms with van der Waals surface area (Å²) in [5.41, 5.74) is 0. The van der Waals surface area contributed by atoms with Crippen LogP contribution in [0.3, 0.4) is 0 Å². The highest BCUT2D eigenvalue weighted by Gasteiger charge is 2.08. The van der Waals surface area contributed by atoms with Crippen molar-refractivity contribution in [2.45, 2.75) is 25.9 Å². The molecule has 0 bridgehead atoms. The van der Waals surface area contributed by atoms with Gasteiger partial charge in [-0.1, -0.05) is 13.3 Å². The molecule has 0 saturated heterocycles. The van der Waals surface area contributed by atoms with E-state index >= 15 is 0 Å². The van der Waals surface area contributed by atoms with Crippen LogP contribution in [0.5, 0.6) is 0 Å². The number of hydrogen-bond acceptors (Lipinski definition) is 3. The van der Waals surface area contributed by atoms with E-state index < -0.39 is 11.0 Å². The Kier molecular flexibility index (Phi) is 3.96. The van der Waals surface area contributed by atoms with E-state index in [1.807, 2.05) is 6.92 Å². The molecule has 0 fully saturated rings. The third kappa shape index (κ3) is 5.23. The van der Waals surface area contributed by atoms with Gasteiger partial charge in [-0.2, -0.15) is 0 Å². The number of hydrogen-bond donors (Lipinski definition) is 1. The topological polar surface area (TPSA) is 63.4 Å². The Morgan fingerprint density at radius 1 is 1.78 bits per heavy atom. The van der Waals surface area contributed by atoms with Gasteiger partial charge in [-0.15, -0.1) is 0 Å². The molecular weight excluding hydrogens is 122 g/mol. The molecule has 0 aliphatic rings. The maximum absolute atomic E-state index is 9.73. The molecular formula is C5H11NO3. The maximum atomic E-state index is 9.73. The summed E-state index contributed by atoms with van der Waals surface area (Å²) in [5, 5.41) is 18.5. The third-order valence-electron chi connectivity index (χ3n) is 0.982. The van der Waals surface area contributed by atoms with Crippen LogP contribution in [0.1, 0.15) is 19.8 Å². The highest BCUT2D eigenvalue weighted by Crippen LogP contribution is 1.94. The zero-order valence-electron chi connectivity index (χ0n) is 5.41. The van der Waals surface area contributed by atoms with Gasteiger partial charge in [0.2, 0.25) is 6.54 Å². The summed E-state index contributed by atoms with van der Waals surface area (Å²) in [5.74, 6) is 0. The summed E-state index contributed by atoms with van der Waals surface area (Å²) >= 11 is 0. The summed E-state index contributed by atoms with van der Waals surface area (Å²) in [7, 11) is 0. The molecule has 0 amide bonds. The summed E-state index contributed by atoms with van der Waals surface area (Å²) in [6, 6.07) is 0. The number of nitro groups is 1. The predicted octanol–water partition coefficient (Wildman–Crippen LogP) is 0.424. The number of aliphatic hydroxyl groups is 1. The van der Waals surface area contributed by atoms with Crippen molar-refractivity contribution >= 4 is 0 Å². The number of rotatable bonds is 4. The lowest BCUT2D eigenvalue weighted by atomic mass is 10.2. The minimum absolute atomic E-state index is 0.326. The maximum Gasteiger partial charge on any atom is 0.229 e. The second-order valence-corrected chi connectivity index (χ2v) is 1.96. The molecule has 0 aliphatic carbocycles. The van der Waals surface area contributed by atoms with Crippen molar-refractivity contribution in [1.82, 2.24) is 0 Å². The largest absolute Gasteiger partial charge is 0.386 e.